The number of Topliss-reactive ketones (excluding diaryl/α,β-unsaturated/α-hetero) is 1. The molecule has 26 heavy (non-hydrogen) atoms. The average Bonchev–Trinajstić information content (AvgIpc) is 2.94. The van der Waals surface area contributed by atoms with E-state index in [0.29, 0.717) is 35.4 Å². The first kappa shape index (κ1) is 18.7. The van der Waals surface area contributed by atoms with Crippen molar-refractivity contribution in [1.29, 1.82) is 0 Å². The van der Waals surface area contributed by atoms with Crippen molar-refractivity contribution in [1.82, 2.24) is 19.6 Å². The van der Waals surface area contributed by atoms with Crippen LogP contribution in [0.4, 0.5) is 4.39 Å². The normalized spacial score (nSPS) is 18.2. The van der Waals surface area contributed by atoms with Crippen molar-refractivity contribution in [2.75, 3.05) is 26.2 Å². The minimum absolute atomic E-state index is 0.0413. The minimum Gasteiger partial charge on any atom is -0.334 e. The number of hydrogen-bond acceptors (Lipinski definition) is 4. The molecular formula is C18H20BrFN4O2. The van der Waals surface area contributed by atoms with Gasteiger partial charge in [0.25, 0.3) is 5.91 Å². The highest BCUT2D eigenvalue weighted by Crippen LogP contribution is 2.19. The van der Waals surface area contributed by atoms with Crippen molar-refractivity contribution in [3.63, 3.8) is 0 Å². The maximum Gasteiger partial charge on any atom is 0.275 e. The van der Waals surface area contributed by atoms with Crippen LogP contribution >= 0.6 is 15.9 Å². The Morgan fingerprint density at radius 3 is 2.54 bits per heavy atom. The average molecular weight is 423 g/mol. The van der Waals surface area contributed by atoms with Crippen LogP contribution in [0.5, 0.6) is 0 Å². The number of aromatic nitrogens is 2. The Hall–Kier alpha value is -2.06. The number of carbonyl (C=O) groups excluding carboxylic acids is 2. The summed E-state index contributed by atoms with van der Waals surface area (Å²) in [5.74, 6) is -0.527. The number of benzene rings is 1. The molecule has 2 aromatic rings. The molecule has 1 aromatic carbocycles. The molecule has 6 nitrogen and oxygen atoms in total. The van der Waals surface area contributed by atoms with Gasteiger partial charge in [0.2, 0.25) is 0 Å². The maximum absolute atomic E-state index is 13.0. The fraction of sp³-hybridized carbons (Fsp3) is 0.389. The number of carbonyl (C=O) groups is 2. The van der Waals surface area contributed by atoms with Gasteiger partial charge in [-0.1, -0.05) is 0 Å². The van der Waals surface area contributed by atoms with E-state index < -0.39 is 0 Å². The minimum atomic E-state index is -0.359. The molecule has 0 bridgehead atoms. The SMILES string of the molecule is C[C@@H]1CN(C(=O)c2nn(C)cc2Br)CCN1CC(=O)c1ccc(F)cc1. The second-order valence-corrected chi connectivity index (χ2v) is 7.35. The highest BCUT2D eigenvalue weighted by molar-refractivity contribution is 9.10. The molecule has 0 unspecified atom stereocenters. The molecule has 0 N–H and O–H groups in total. The summed E-state index contributed by atoms with van der Waals surface area (Å²) >= 11 is 3.36. The van der Waals surface area contributed by atoms with E-state index >= 15 is 0 Å². The summed E-state index contributed by atoms with van der Waals surface area (Å²) in [5, 5.41) is 4.20. The molecule has 1 aromatic heterocycles. The van der Waals surface area contributed by atoms with Gasteiger partial charge in [-0.3, -0.25) is 19.2 Å². The molecule has 1 aliphatic rings. The van der Waals surface area contributed by atoms with E-state index in [2.05, 4.69) is 21.0 Å². The number of halogens is 2. The van der Waals surface area contributed by atoms with E-state index in [0.717, 1.165) is 0 Å². The molecule has 1 fully saturated rings. The van der Waals surface area contributed by atoms with E-state index in [9.17, 15) is 14.0 Å². The molecular weight excluding hydrogens is 403 g/mol. The van der Waals surface area contributed by atoms with Crippen LogP contribution in [0.3, 0.4) is 0 Å². The Labute approximate surface area is 159 Å². The number of piperazine rings is 1. The number of hydrogen-bond donors (Lipinski definition) is 0. The lowest BCUT2D eigenvalue weighted by molar-refractivity contribution is 0.0496. The molecule has 2 heterocycles. The molecule has 138 valence electrons. The predicted octanol–water partition coefficient (Wildman–Crippen LogP) is 2.35. The van der Waals surface area contributed by atoms with Gasteiger partial charge < -0.3 is 4.90 Å². The molecule has 1 amide bonds. The molecule has 1 saturated heterocycles. The van der Waals surface area contributed by atoms with Gasteiger partial charge in [-0.05, 0) is 47.1 Å². The maximum atomic E-state index is 13.0. The highest BCUT2D eigenvalue weighted by atomic mass is 79.9. The van der Waals surface area contributed by atoms with Crippen LogP contribution in [0, 0.1) is 5.82 Å². The molecule has 0 radical (unpaired) electrons. The van der Waals surface area contributed by atoms with Crippen LogP contribution in [0.1, 0.15) is 27.8 Å². The zero-order valence-corrected chi connectivity index (χ0v) is 16.2. The van der Waals surface area contributed by atoms with Crippen LogP contribution < -0.4 is 0 Å². The summed E-state index contributed by atoms with van der Waals surface area (Å²) in [5.41, 5.74) is 0.894. The Bertz CT molecular complexity index is 821. The van der Waals surface area contributed by atoms with Crippen LogP contribution in [0.2, 0.25) is 0 Å². The van der Waals surface area contributed by atoms with Gasteiger partial charge in [-0.25, -0.2) is 4.39 Å². The van der Waals surface area contributed by atoms with E-state index in [1.54, 1.807) is 22.8 Å². The van der Waals surface area contributed by atoms with Crippen LogP contribution in [0.25, 0.3) is 0 Å². The van der Waals surface area contributed by atoms with Crippen molar-refractivity contribution >= 4 is 27.6 Å². The van der Waals surface area contributed by atoms with Crippen LogP contribution in [-0.2, 0) is 7.05 Å². The third-order valence-corrected chi connectivity index (χ3v) is 5.13. The quantitative estimate of drug-likeness (QED) is 0.709. The summed E-state index contributed by atoms with van der Waals surface area (Å²) in [6.45, 7) is 3.90. The molecule has 0 spiro atoms. The lowest BCUT2D eigenvalue weighted by Gasteiger charge is -2.39. The third-order valence-electron chi connectivity index (χ3n) is 4.55. The van der Waals surface area contributed by atoms with Gasteiger partial charge in [0.15, 0.2) is 11.5 Å². The van der Waals surface area contributed by atoms with Crippen LogP contribution in [0.15, 0.2) is 34.9 Å². The van der Waals surface area contributed by atoms with Crippen LogP contribution in [-0.4, -0.2) is 63.5 Å². The Morgan fingerprint density at radius 1 is 1.27 bits per heavy atom. The van der Waals surface area contributed by atoms with Gasteiger partial charge >= 0.3 is 0 Å². The van der Waals surface area contributed by atoms with Crippen molar-refractivity contribution in [3.05, 3.63) is 52.0 Å². The summed E-state index contributed by atoms with van der Waals surface area (Å²) in [6.07, 6.45) is 1.74. The highest BCUT2D eigenvalue weighted by Gasteiger charge is 2.30. The Balaban J connectivity index is 1.61. The summed E-state index contributed by atoms with van der Waals surface area (Å²) in [4.78, 5) is 28.9. The van der Waals surface area contributed by atoms with Gasteiger partial charge in [0.05, 0.1) is 11.0 Å². The van der Waals surface area contributed by atoms with Gasteiger partial charge in [0, 0.05) is 44.5 Å². The lowest BCUT2D eigenvalue weighted by Crippen LogP contribution is -2.54. The topological polar surface area (TPSA) is 58.4 Å². The molecule has 0 aliphatic carbocycles. The Kier molecular flexibility index (Phi) is 5.52. The first-order valence-electron chi connectivity index (χ1n) is 8.36. The molecule has 1 aliphatic heterocycles. The van der Waals surface area contributed by atoms with E-state index in [4.69, 9.17) is 0 Å². The van der Waals surface area contributed by atoms with E-state index in [1.807, 2.05) is 11.8 Å². The number of ketones is 1. The van der Waals surface area contributed by atoms with Gasteiger partial charge in [-0.2, -0.15) is 5.10 Å². The lowest BCUT2D eigenvalue weighted by atomic mass is 10.1. The van der Waals surface area contributed by atoms with E-state index in [1.165, 1.54) is 24.3 Å². The number of rotatable bonds is 4. The number of aryl methyl sites for hydroxylation is 1. The van der Waals surface area contributed by atoms with Gasteiger partial charge in [-0.15, -0.1) is 0 Å². The molecule has 3 rings (SSSR count). The van der Waals surface area contributed by atoms with Crippen molar-refractivity contribution in [2.24, 2.45) is 7.05 Å². The molecule has 1 atom stereocenters. The molecule has 8 heteroatoms. The third kappa shape index (κ3) is 4.02. The Morgan fingerprint density at radius 2 is 1.96 bits per heavy atom. The predicted molar refractivity (Wildman–Crippen MR) is 98.6 cm³/mol. The standard InChI is InChI=1S/C18H20BrFN4O2/c1-12-9-24(18(26)17-15(19)10-22(2)21-17)8-7-23(12)11-16(25)13-3-5-14(20)6-4-13/h3-6,10,12H,7-9,11H2,1-2H3/t12-/m1/s1. The monoisotopic (exact) mass is 422 g/mol. The van der Waals surface area contributed by atoms with Crippen molar-refractivity contribution in [2.45, 2.75) is 13.0 Å². The summed E-state index contributed by atoms with van der Waals surface area (Å²) in [7, 11) is 1.77. The molecule has 0 saturated carbocycles. The largest absolute Gasteiger partial charge is 0.334 e. The first-order chi connectivity index (χ1) is 12.3. The van der Waals surface area contributed by atoms with Crippen molar-refractivity contribution < 1.29 is 14.0 Å². The smallest absolute Gasteiger partial charge is 0.275 e. The fourth-order valence-electron chi connectivity index (χ4n) is 3.08. The zero-order chi connectivity index (χ0) is 18.8. The van der Waals surface area contributed by atoms with Crippen molar-refractivity contribution in [3.8, 4) is 0 Å². The number of amides is 1. The summed E-state index contributed by atoms with van der Waals surface area (Å²) in [6, 6.07) is 5.62. The first-order valence-corrected chi connectivity index (χ1v) is 9.15. The van der Waals surface area contributed by atoms with Gasteiger partial charge in [0.1, 0.15) is 5.82 Å². The summed E-state index contributed by atoms with van der Waals surface area (Å²) < 4.78 is 15.3. The number of nitrogens with zero attached hydrogens (tertiary/aromatic N) is 4. The fourth-order valence-corrected chi connectivity index (χ4v) is 3.63. The second kappa shape index (κ2) is 7.67. The zero-order valence-electron chi connectivity index (χ0n) is 14.7. The second-order valence-electron chi connectivity index (χ2n) is 6.50. The van der Waals surface area contributed by atoms with E-state index in [-0.39, 0.29) is 30.1 Å².